The van der Waals surface area contributed by atoms with Crippen molar-refractivity contribution >= 4 is 33.2 Å². The Bertz CT molecular complexity index is 541. The normalized spacial score (nSPS) is 12.1. The number of benzene rings is 1. The molecule has 5 heteroatoms. The smallest absolute Gasteiger partial charge is 0.252 e. The molecular formula is C14H14BrNO2S. The molecule has 0 aliphatic carbocycles. The van der Waals surface area contributed by atoms with Gasteiger partial charge in [0.05, 0.1) is 22.0 Å². The van der Waals surface area contributed by atoms with E-state index in [0.29, 0.717) is 12.0 Å². The van der Waals surface area contributed by atoms with Gasteiger partial charge in [-0.2, -0.15) is 0 Å². The van der Waals surface area contributed by atoms with Crippen molar-refractivity contribution in [1.29, 1.82) is 0 Å². The Balaban J connectivity index is 1.97. The Morgan fingerprint density at radius 2 is 2.11 bits per heavy atom. The minimum atomic E-state index is -0.270. The minimum Gasteiger partial charge on any atom is -0.394 e. The molecule has 1 aromatic carbocycles. The van der Waals surface area contributed by atoms with Crippen LogP contribution in [-0.4, -0.2) is 23.7 Å². The first-order chi connectivity index (χ1) is 9.19. The van der Waals surface area contributed by atoms with E-state index in [-0.39, 0.29) is 18.6 Å². The molecule has 0 aliphatic heterocycles. The number of rotatable bonds is 5. The zero-order valence-electron chi connectivity index (χ0n) is 10.2. The van der Waals surface area contributed by atoms with Gasteiger partial charge in [-0.25, -0.2) is 0 Å². The third-order valence-corrected chi connectivity index (χ3v) is 4.21. The third kappa shape index (κ3) is 4.16. The van der Waals surface area contributed by atoms with E-state index in [0.717, 1.165) is 9.35 Å². The summed E-state index contributed by atoms with van der Waals surface area (Å²) in [6.45, 7) is -0.0774. The number of amides is 1. The van der Waals surface area contributed by atoms with Crippen LogP contribution < -0.4 is 5.32 Å². The van der Waals surface area contributed by atoms with Gasteiger partial charge in [0, 0.05) is 5.38 Å². The molecule has 100 valence electrons. The van der Waals surface area contributed by atoms with Gasteiger partial charge >= 0.3 is 0 Å². The van der Waals surface area contributed by atoms with Gasteiger partial charge in [-0.3, -0.25) is 4.79 Å². The van der Waals surface area contributed by atoms with Crippen LogP contribution in [0.4, 0.5) is 0 Å². The highest BCUT2D eigenvalue weighted by Crippen LogP contribution is 2.20. The molecule has 0 saturated heterocycles. The molecule has 1 heterocycles. The molecule has 1 amide bonds. The molecule has 19 heavy (non-hydrogen) atoms. The molecule has 3 nitrogen and oxygen atoms in total. The quantitative estimate of drug-likeness (QED) is 0.879. The van der Waals surface area contributed by atoms with Crippen LogP contribution in [0.2, 0.25) is 0 Å². The van der Waals surface area contributed by atoms with Gasteiger partial charge in [-0.15, -0.1) is 11.3 Å². The summed E-state index contributed by atoms with van der Waals surface area (Å²) >= 11 is 4.79. The van der Waals surface area contributed by atoms with Gasteiger partial charge in [-0.1, -0.05) is 30.3 Å². The van der Waals surface area contributed by atoms with Gasteiger partial charge in [0.25, 0.3) is 5.91 Å². The minimum absolute atomic E-state index is 0.0774. The molecule has 0 aliphatic rings. The monoisotopic (exact) mass is 339 g/mol. The lowest BCUT2D eigenvalue weighted by atomic mass is 10.1. The number of hydrogen-bond donors (Lipinski definition) is 2. The van der Waals surface area contributed by atoms with E-state index in [1.807, 2.05) is 30.3 Å². The van der Waals surface area contributed by atoms with Crippen LogP contribution in [0.15, 0.2) is 45.6 Å². The lowest BCUT2D eigenvalue weighted by molar-refractivity contribution is 0.0917. The average molecular weight is 340 g/mol. The summed E-state index contributed by atoms with van der Waals surface area (Å²) in [6, 6.07) is 11.3. The van der Waals surface area contributed by atoms with E-state index >= 15 is 0 Å². The van der Waals surface area contributed by atoms with Gasteiger partial charge in [0.15, 0.2) is 0 Å². The largest absolute Gasteiger partial charge is 0.394 e. The first kappa shape index (κ1) is 14.2. The van der Waals surface area contributed by atoms with Crippen LogP contribution in [0.1, 0.15) is 15.9 Å². The van der Waals surface area contributed by atoms with Crippen LogP contribution >= 0.6 is 27.3 Å². The first-order valence-corrected chi connectivity index (χ1v) is 7.56. The number of halogens is 1. The Morgan fingerprint density at radius 1 is 1.37 bits per heavy atom. The van der Waals surface area contributed by atoms with E-state index in [2.05, 4.69) is 21.2 Å². The van der Waals surface area contributed by atoms with Gasteiger partial charge in [0.2, 0.25) is 0 Å². The van der Waals surface area contributed by atoms with Gasteiger partial charge < -0.3 is 10.4 Å². The number of thiophene rings is 1. The van der Waals surface area contributed by atoms with Crippen molar-refractivity contribution in [3.8, 4) is 0 Å². The molecule has 0 spiro atoms. The fourth-order valence-corrected chi connectivity index (χ4v) is 2.89. The Hall–Kier alpha value is -1.17. The lowest BCUT2D eigenvalue weighted by Gasteiger charge is -2.15. The van der Waals surface area contributed by atoms with Crippen molar-refractivity contribution in [2.45, 2.75) is 12.5 Å². The summed E-state index contributed by atoms with van der Waals surface area (Å²) in [5, 5.41) is 14.0. The number of aliphatic hydroxyl groups excluding tert-OH is 1. The number of carbonyl (C=O) groups is 1. The Labute approximate surface area is 124 Å². The molecule has 1 atom stereocenters. The predicted molar refractivity (Wildman–Crippen MR) is 80.5 cm³/mol. The highest BCUT2D eigenvalue weighted by Gasteiger charge is 2.14. The first-order valence-electron chi connectivity index (χ1n) is 5.88. The molecule has 1 aromatic heterocycles. The van der Waals surface area contributed by atoms with Crippen molar-refractivity contribution in [3.05, 3.63) is 56.7 Å². The van der Waals surface area contributed by atoms with Crippen molar-refractivity contribution in [1.82, 2.24) is 5.32 Å². The summed E-state index contributed by atoms with van der Waals surface area (Å²) in [6.07, 6.45) is 0.619. The molecule has 2 rings (SSSR count). The predicted octanol–water partition coefficient (Wildman–Crippen LogP) is 2.84. The molecular weight excluding hydrogens is 326 g/mol. The van der Waals surface area contributed by atoms with Crippen LogP contribution in [-0.2, 0) is 6.42 Å². The van der Waals surface area contributed by atoms with Gasteiger partial charge in [-0.05, 0) is 34.0 Å². The van der Waals surface area contributed by atoms with E-state index < -0.39 is 0 Å². The molecule has 0 unspecified atom stereocenters. The number of nitrogens with one attached hydrogen (secondary N) is 1. The average Bonchev–Trinajstić information content (AvgIpc) is 2.86. The summed E-state index contributed by atoms with van der Waals surface area (Å²) in [4.78, 5) is 12.0. The molecule has 0 radical (unpaired) electrons. The standard InChI is InChI=1S/C14H14BrNO2S/c15-13-7-11(9-19-13)14(18)16-12(8-17)6-10-4-2-1-3-5-10/h1-5,7,9,12,17H,6,8H2,(H,16,18)/t12-/m0/s1. The fourth-order valence-electron chi connectivity index (χ4n) is 1.76. The van der Waals surface area contributed by atoms with E-state index in [1.54, 1.807) is 11.4 Å². The highest BCUT2D eigenvalue weighted by atomic mass is 79.9. The number of aliphatic hydroxyl groups is 1. The Kier molecular flexibility index (Phi) is 5.13. The second kappa shape index (κ2) is 6.84. The molecule has 0 fully saturated rings. The number of carbonyl (C=O) groups excluding carboxylic acids is 1. The van der Waals surface area contributed by atoms with Crippen molar-refractivity contribution in [2.24, 2.45) is 0 Å². The molecule has 2 aromatic rings. The summed E-state index contributed by atoms with van der Waals surface area (Å²) in [7, 11) is 0. The zero-order chi connectivity index (χ0) is 13.7. The molecule has 0 saturated carbocycles. The molecule has 2 N–H and O–H groups in total. The zero-order valence-corrected chi connectivity index (χ0v) is 12.6. The second-order valence-corrected chi connectivity index (χ2v) is 6.47. The topological polar surface area (TPSA) is 49.3 Å². The number of hydrogen-bond acceptors (Lipinski definition) is 3. The van der Waals surface area contributed by atoms with Crippen molar-refractivity contribution < 1.29 is 9.90 Å². The van der Waals surface area contributed by atoms with Crippen molar-refractivity contribution in [2.75, 3.05) is 6.61 Å². The fraction of sp³-hybridized carbons (Fsp3) is 0.214. The van der Waals surface area contributed by atoms with E-state index in [4.69, 9.17) is 0 Å². The van der Waals surface area contributed by atoms with Crippen LogP contribution in [0, 0.1) is 0 Å². The third-order valence-electron chi connectivity index (χ3n) is 2.71. The van der Waals surface area contributed by atoms with Gasteiger partial charge in [0.1, 0.15) is 0 Å². The van der Waals surface area contributed by atoms with E-state index in [9.17, 15) is 9.90 Å². The van der Waals surface area contributed by atoms with E-state index in [1.165, 1.54) is 11.3 Å². The summed E-state index contributed by atoms with van der Waals surface area (Å²) in [5.74, 6) is -0.156. The SMILES string of the molecule is O=C(N[C@H](CO)Cc1ccccc1)c1csc(Br)c1. The van der Waals surface area contributed by atoms with Crippen molar-refractivity contribution in [3.63, 3.8) is 0 Å². The maximum atomic E-state index is 12.0. The summed E-state index contributed by atoms with van der Waals surface area (Å²) in [5.41, 5.74) is 1.71. The Morgan fingerprint density at radius 3 is 2.68 bits per heavy atom. The van der Waals surface area contributed by atoms with Crippen LogP contribution in [0.25, 0.3) is 0 Å². The van der Waals surface area contributed by atoms with Crippen LogP contribution in [0.5, 0.6) is 0 Å². The maximum absolute atomic E-state index is 12.0. The molecule has 0 bridgehead atoms. The summed E-state index contributed by atoms with van der Waals surface area (Å²) < 4.78 is 0.918. The second-order valence-electron chi connectivity index (χ2n) is 4.18. The lowest BCUT2D eigenvalue weighted by Crippen LogP contribution is -2.38. The van der Waals surface area contributed by atoms with Crippen LogP contribution in [0.3, 0.4) is 0 Å². The maximum Gasteiger partial charge on any atom is 0.252 e. The highest BCUT2D eigenvalue weighted by molar-refractivity contribution is 9.11.